The van der Waals surface area contributed by atoms with Crippen molar-refractivity contribution in [2.45, 2.75) is 42.6 Å². The third-order valence-electron chi connectivity index (χ3n) is 3.70. The summed E-state index contributed by atoms with van der Waals surface area (Å²) in [5.74, 6) is 1.51. The predicted molar refractivity (Wildman–Crippen MR) is 100 cm³/mol. The van der Waals surface area contributed by atoms with Crippen molar-refractivity contribution in [3.05, 3.63) is 40.8 Å². The van der Waals surface area contributed by atoms with E-state index in [4.69, 9.17) is 23.2 Å². The van der Waals surface area contributed by atoms with Gasteiger partial charge in [0.05, 0.1) is 15.3 Å². The van der Waals surface area contributed by atoms with Gasteiger partial charge in [0.15, 0.2) is 11.0 Å². The van der Waals surface area contributed by atoms with Gasteiger partial charge in [-0.2, -0.15) is 0 Å². The second-order valence-electron chi connectivity index (χ2n) is 5.75. The molecule has 2 aromatic rings. The summed E-state index contributed by atoms with van der Waals surface area (Å²) in [5.41, 5.74) is 0. The molecule has 0 bridgehead atoms. The number of aromatic nitrogens is 4. The zero-order valence-corrected chi connectivity index (χ0v) is 15.9. The highest BCUT2D eigenvalue weighted by Crippen LogP contribution is 2.40. The van der Waals surface area contributed by atoms with Gasteiger partial charge in [0.2, 0.25) is 5.91 Å². The van der Waals surface area contributed by atoms with Gasteiger partial charge in [0, 0.05) is 18.7 Å². The first-order chi connectivity index (χ1) is 12.0. The molecule has 25 heavy (non-hydrogen) atoms. The molecular formula is C16H17Cl2N5OS. The maximum atomic E-state index is 12.4. The van der Waals surface area contributed by atoms with Crippen molar-refractivity contribution in [3.8, 4) is 0 Å². The number of allylic oxidation sites excluding steroid dienone is 1. The highest BCUT2D eigenvalue weighted by atomic mass is 35.5. The molecule has 1 aliphatic carbocycles. The van der Waals surface area contributed by atoms with Crippen molar-refractivity contribution >= 4 is 46.7 Å². The Morgan fingerprint density at radius 2 is 2.28 bits per heavy atom. The lowest BCUT2D eigenvalue weighted by molar-refractivity contribution is -0.115. The van der Waals surface area contributed by atoms with E-state index in [9.17, 15) is 4.79 Å². The molecule has 1 fully saturated rings. The van der Waals surface area contributed by atoms with E-state index >= 15 is 0 Å². The molecule has 0 aliphatic heterocycles. The van der Waals surface area contributed by atoms with Crippen LogP contribution in [0.25, 0.3) is 0 Å². The number of pyridine rings is 1. The van der Waals surface area contributed by atoms with Crippen LogP contribution < -0.4 is 5.32 Å². The number of carbonyl (C=O) groups excluding carboxylic acids is 1. The van der Waals surface area contributed by atoms with Gasteiger partial charge < -0.3 is 9.88 Å². The van der Waals surface area contributed by atoms with Crippen molar-refractivity contribution < 1.29 is 4.79 Å². The van der Waals surface area contributed by atoms with Crippen LogP contribution in [-0.4, -0.2) is 30.9 Å². The van der Waals surface area contributed by atoms with Crippen LogP contribution in [0.4, 0.5) is 5.82 Å². The van der Waals surface area contributed by atoms with Crippen molar-refractivity contribution in [1.29, 1.82) is 0 Å². The number of hydrogen-bond donors (Lipinski definition) is 1. The van der Waals surface area contributed by atoms with E-state index in [2.05, 4.69) is 27.1 Å². The Balaban J connectivity index is 1.70. The molecule has 1 N–H and O–H groups in total. The lowest BCUT2D eigenvalue weighted by Crippen LogP contribution is -2.23. The summed E-state index contributed by atoms with van der Waals surface area (Å²) in [6, 6.07) is 1.53. The first-order valence-corrected chi connectivity index (χ1v) is 9.45. The average molecular weight is 398 g/mol. The first-order valence-electron chi connectivity index (χ1n) is 7.82. The van der Waals surface area contributed by atoms with Crippen LogP contribution >= 0.6 is 35.0 Å². The number of nitrogens with zero attached hydrogens (tertiary/aromatic N) is 4. The minimum Gasteiger partial charge on any atom is -0.308 e. The Morgan fingerprint density at radius 1 is 1.52 bits per heavy atom. The number of thioether (sulfide) groups is 1. The van der Waals surface area contributed by atoms with Gasteiger partial charge in [0.1, 0.15) is 5.82 Å². The molecule has 2 heterocycles. The summed E-state index contributed by atoms with van der Waals surface area (Å²) in [6.07, 6.45) is 5.51. The topological polar surface area (TPSA) is 72.7 Å². The zero-order valence-electron chi connectivity index (χ0n) is 13.6. The number of anilines is 1. The Morgan fingerprint density at radius 3 is 2.92 bits per heavy atom. The molecule has 9 heteroatoms. The number of carbonyl (C=O) groups is 1. The summed E-state index contributed by atoms with van der Waals surface area (Å²) >= 11 is 13.2. The van der Waals surface area contributed by atoms with Crippen LogP contribution in [-0.2, 0) is 11.3 Å². The van der Waals surface area contributed by atoms with Crippen LogP contribution in [0.3, 0.4) is 0 Å². The molecule has 1 saturated carbocycles. The molecular weight excluding hydrogens is 381 g/mol. The Labute approximate surface area is 160 Å². The Hall–Kier alpha value is -1.57. The molecule has 0 aromatic carbocycles. The second-order valence-corrected chi connectivity index (χ2v) is 7.90. The molecule has 0 saturated heterocycles. The van der Waals surface area contributed by atoms with Crippen molar-refractivity contribution in [2.75, 3.05) is 5.32 Å². The monoisotopic (exact) mass is 397 g/mol. The SMILES string of the molecule is C=CCn1c(SC(C)C(=O)Nc2ncc(Cl)cc2Cl)nnc1C1CC1. The van der Waals surface area contributed by atoms with E-state index in [-0.39, 0.29) is 11.7 Å². The number of amides is 1. The second kappa shape index (κ2) is 7.76. The number of nitrogens with one attached hydrogen (secondary N) is 1. The molecule has 0 spiro atoms. The molecule has 1 aliphatic rings. The molecule has 0 radical (unpaired) electrons. The van der Waals surface area contributed by atoms with Gasteiger partial charge in [-0.1, -0.05) is 41.0 Å². The highest BCUT2D eigenvalue weighted by molar-refractivity contribution is 8.00. The Bertz CT molecular complexity index is 806. The number of halogens is 2. The van der Waals surface area contributed by atoms with Crippen LogP contribution in [0.1, 0.15) is 31.5 Å². The van der Waals surface area contributed by atoms with E-state index in [1.165, 1.54) is 24.0 Å². The fourth-order valence-electron chi connectivity index (χ4n) is 2.27. The van der Waals surface area contributed by atoms with E-state index in [0.717, 1.165) is 18.7 Å². The van der Waals surface area contributed by atoms with Crippen LogP contribution in [0.2, 0.25) is 10.0 Å². The van der Waals surface area contributed by atoms with Gasteiger partial charge in [-0.05, 0) is 25.8 Å². The third-order valence-corrected chi connectivity index (χ3v) is 5.28. The zero-order chi connectivity index (χ0) is 18.0. The molecule has 132 valence electrons. The summed E-state index contributed by atoms with van der Waals surface area (Å²) in [4.78, 5) is 16.5. The van der Waals surface area contributed by atoms with Crippen LogP contribution in [0.15, 0.2) is 30.1 Å². The van der Waals surface area contributed by atoms with Crippen molar-refractivity contribution in [2.24, 2.45) is 0 Å². The lowest BCUT2D eigenvalue weighted by Gasteiger charge is -2.13. The standard InChI is InChI=1S/C16H17Cl2N5OS/c1-3-6-23-14(10-4-5-10)21-22-16(23)25-9(2)15(24)20-13-12(18)7-11(17)8-19-13/h3,7-10H,1,4-6H2,2H3,(H,19,20,24). The predicted octanol–water partition coefficient (Wildman–Crippen LogP) is 4.16. The van der Waals surface area contributed by atoms with Gasteiger partial charge >= 0.3 is 0 Å². The first kappa shape index (κ1) is 18.2. The van der Waals surface area contributed by atoms with E-state index < -0.39 is 5.25 Å². The summed E-state index contributed by atoms with van der Waals surface area (Å²) in [6.45, 7) is 6.21. The molecule has 1 unspecified atom stereocenters. The summed E-state index contributed by atoms with van der Waals surface area (Å²) in [7, 11) is 0. The fraction of sp³-hybridized carbons (Fsp3) is 0.375. The molecule has 1 amide bonds. The van der Waals surface area contributed by atoms with Gasteiger partial charge in [-0.25, -0.2) is 4.98 Å². The minimum absolute atomic E-state index is 0.220. The maximum Gasteiger partial charge on any atom is 0.238 e. The normalized spacial score (nSPS) is 15.0. The van der Waals surface area contributed by atoms with Crippen molar-refractivity contribution in [3.63, 3.8) is 0 Å². The minimum atomic E-state index is -0.395. The summed E-state index contributed by atoms with van der Waals surface area (Å²) in [5, 5.41) is 12.3. The fourth-order valence-corrected chi connectivity index (χ4v) is 3.56. The number of rotatable bonds is 7. The lowest BCUT2D eigenvalue weighted by atomic mass is 10.4. The summed E-state index contributed by atoms with van der Waals surface area (Å²) < 4.78 is 2.02. The third kappa shape index (κ3) is 4.34. The molecule has 6 nitrogen and oxygen atoms in total. The molecule has 1 atom stereocenters. The van der Waals surface area contributed by atoms with E-state index in [1.54, 1.807) is 13.0 Å². The molecule has 3 rings (SSSR count). The molecule has 2 aromatic heterocycles. The van der Waals surface area contributed by atoms with E-state index in [0.29, 0.717) is 27.7 Å². The van der Waals surface area contributed by atoms with E-state index in [1.807, 2.05) is 4.57 Å². The van der Waals surface area contributed by atoms with Gasteiger partial charge in [0.25, 0.3) is 0 Å². The smallest absolute Gasteiger partial charge is 0.238 e. The number of hydrogen-bond acceptors (Lipinski definition) is 5. The van der Waals surface area contributed by atoms with Gasteiger partial charge in [-0.3, -0.25) is 4.79 Å². The van der Waals surface area contributed by atoms with Gasteiger partial charge in [-0.15, -0.1) is 16.8 Å². The average Bonchev–Trinajstić information content (AvgIpc) is 3.34. The quantitative estimate of drug-likeness (QED) is 0.560. The van der Waals surface area contributed by atoms with Crippen molar-refractivity contribution in [1.82, 2.24) is 19.7 Å². The maximum absolute atomic E-state index is 12.4. The van der Waals surface area contributed by atoms with Crippen LogP contribution in [0.5, 0.6) is 0 Å². The highest BCUT2D eigenvalue weighted by Gasteiger charge is 2.31. The Kier molecular flexibility index (Phi) is 5.66. The largest absolute Gasteiger partial charge is 0.308 e. The van der Waals surface area contributed by atoms with Crippen LogP contribution in [0, 0.1) is 0 Å².